The molecule has 0 aromatic heterocycles. The quantitative estimate of drug-likeness (QED) is 0.683. The van der Waals surface area contributed by atoms with E-state index in [4.69, 9.17) is 0 Å². The predicted octanol–water partition coefficient (Wildman–Crippen LogP) is 5.32. The summed E-state index contributed by atoms with van der Waals surface area (Å²) in [6.07, 6.45) is -0.164. The van der Waals surface area contributed by atoms with Crippen LogP contribution in [0.3, 0.4) is 0 Å². The van der Waals surface area contributed by atoms with Crippen LogP contribution in [0.25, 0.3) is 0 Å². The van der Waals surface area contributed by atoms with Gasteiger partial charge in [0.1, 0.15) is 27.6 Å². The van der Waals surface area contributed by atoms with Crippen molar-refractivity contribution in [1.29, 1.82) is 0 Å². The Labute approximate surface area is 156 Å². The van der Waals surface area contributed by atoms with Crippen LogP contribution in [0.5, 0.6) is 5.75 Å². The molecule has 1 heterocycles. The van der Waals surface area contributed by atoms with Crippen LogP contribution < -0.4 is 4.74 Å². The zero-order valence-electron chi connectivity index (χ0n) is 13.5. The molecule has 0 amide bonds. The van der Waals surface area contributed by atoms with E-state index in [0.717, 1.165) is 24.0 Å². The van der Waals surface area contributed by atoms with Crippen LogP contribution in [0.1, 0.15) is 23.7 Å². The Bertz CT molecular complexity index is 729. The van der Waals surface area contributed by atoms with Crippen molar-refractivity contribution in [2.75, 3.05) is 11.5 Å². The summed E-state index contributed by atoms with van der Waals surface area (Å²) in [5.74, 6) is 0.0209. The van der Waals surface area contributed by atoms with Gasteiger partial charge in [0.05, 0.1) is 0 Å². The van der Waals surface area contributed by atoms with E-state index < -0.39 is 28.4 Å². The summed E-state index contributed by atoms with van der Waals surface area (Å²) in [6.45, 7) is -2.93. The van der Waals surface area contributed by atoms with Gasteiger partial charge in [-0.3, -0.25) is 0 Å². The first-order valence-corrected chi connectivity index (χ1v) is 9.85. The molecule has 26 heavy (non-hydrogen) atoms. The van der Waals surface area contributed by atoms with Gasteiger partial charge in [0.15, 0.2) is 0 Å². The first-order chi connectivity index (χ1) is 12.4. The summed E-state index contributed by atoms with van der Waals surface area (Å²) in [7, 11) is 0. The molecule has 0 spiro atoms. The van der Waals surface area contributed by atoms with E-state index in [1.807, 2.05) is 0 Å². The third-order valence-corrected chi connectivity index (χ3v) is 7.44. The number of benzene rings is 2. The van der Waals surface area contributed by atoms with Crippen molar-refractivity contribution in [2.45, 2.75) is 23.2 Å². The molecule has 1 fully saturated rings. The molecule has 2 aromatic carbocycles. The van der Waals surface area contributed by atoms with Gasteiger partial charge in [0.2, 0.25) is 0 Å². The van der Waals surface area contributed by atoms with Crippen molar-refractivity contribution < 1.29 is 27.4 Å². The fourth-order valence-electron chi connectivity index (χ4n) is 2.84. The highest BCUT2D eigenvalue weighted by Gasteiger charge is 2.44. The van der Waals surface area contributed by atoms with E-state index in [0.29, 0.717) is 11.1 Å². The zero-order valence-corrected chi connectivity index (χ0v) is 15.1. The van der Waals surface area contributed by atoms with Crippen LogP contribution in [0.15, 0.2) is 42.5 Å². The number of aliphatic hydroxyl groups is 1. The molecule has 140 valence electrons. The molecule has 1 aliphatic rings. The van der Waals surface area contributed by atoms with E-state index in [-0.39, 0.29) is 5.75 Å². The molecule has 3 rings (SSSR count). The molecule has 2 aromatic rings. The maximum Gasteiger partial charge on any atom is 0.387 e. The fourth-order valence-corrected chi connectivity index (χ4v) is 6.19. The Morgan fingerprint density at radius 1 is 0.962 bits per heavy atom. The highest BCUT2D eigenvalue weighted by Crippen LogP contribution is 2.57. The van der Waals surface area contributed by atoms with Gasteiger partial charge in [-0.25, -0.2) is 8.78 Å². The largest absolute Gasteiger partial charge is 0.435 e. The van der Waals surface area contributed by atoms with Crippen molar-refractivity contribution in [3.8, 4) is 5.75 Å². The van der Waals surface area contributed by atoms with Crippen molar-refractivity contribution in [2.24, 2.45) is 0 Å². The lowest BCUT2D eigenvalue weighted by atomic mass is 9.99. The van der Waals surface area contributed by atoms with Crippen LogP contribution in [-0.2, 0) is 4.08 Å². The Balaban J connectivity index is 1.96. The normalized spacial score (nSPS) is 17.9. The van der Waals surface area contributed by atoms with Crippen LogP contribution in [-0.4, -0.2) is 23.2 Å². The van der Waals surface area contributed by atoms with Crippen molar-refractivity contribution in [1.82, 2.24) is 0 Å². The van der Waals surface area contributed by atoms with Gasteiger partial charge in [-0.1, -0.05) is 12.1 Å². The van der Waals surface area contributed by atoms with Crippen LogP contribution in [0.4, 0.5) is 17.6 Å². The Morgan fingerprint density at radius 2 is 1.54 bits per heavy atom. The highest BCUT2D eigenvalue weighted by molar-refractivity contribution is 8.18. The van der Waals surface area contributed by atoms with Gasteiger partial charge in [0, 0.05) is 6.07 Å². The summed E-state index contributed by atoms with van der Waals surface area (Å²) >= 11 is 2.85. The minimum atomic E-state index is -2.93. The molecular formula is C18H16F4O2S2. The van der Waals surface area contributed by atoms with E-state index >= 15 is 0 Å². The predicted molar refractivity (Wildman–Crippen MR) is 95.6 cm³/mol. The number of rotatable bonds is 5. The number of aliphatic hydroxyl groups excluding tert-OH is 1. The summed E-state index contributed by atoms with van der Waals surface area (Å²) < 4.78 is 55.4. The van der Waals surface area contributed by atoms with Crippen LogP contribution >= 0.6 is 23.5 Å². The molecular weight excluding hydrogens is 388 g/mol. The molecule has 0 aliphatic carbocycles. The summed E-state index contributed by atoms with van der Waals surface area (Å²) in [5.41, 5.74) is 0.809. The van der Waals surface area contributed by atoms with Crippen molar-refractivity contribution in [3.05, 3.63) is 65.2 Å². The lowest BCUT2D eigenvalue weighted by molar-refractivity contribution is -0.0498. The monoisotopic (exact) mass is 404 g/mol. The average molecular weight is 404 g/mol. The molecule has 2 nitrogen and oxygen atoms in total. The molecule has 1 atom stereocenters. The van der Waals surface area contributed by atoms with E-state index in [9.17, 15) is 22.7 Å². The number of hydrogen-bond donors (Lipinski definition) is 1. The molecule has 0 bridgehead atoms. The van der Waals surface area contributed by atoms with Crippen molar-refractivity contribution >= 4 is 23.5 Å². The van der Waals surface area contributed by atoms with Gasteiger partial charge < -0.3 is 9.84 Å². The molecule has 1 unspecified atom stereocenters. The first kappa shape index (κ1) is 19.4. The van der Waals surface area contributed by atoms with Gasteiger partial charge in [-0.2, -0.15) is 8.78 Å². The second-order valence-electron chi connectivity index (χ2n) is 5.73. The van der Waals surface area contributed by atoms with Crippen LogP contribution in [0.2, 0.25) is 0 Å². The number of ether oxygens (including phenoxy) is 1. The summed E-state index contributed by atoms with van der Waals surface area (Å²) in [5, 5.41) is 11.0. The maximum absolute atomic E-state index is 13.8. The molecule has 0 radical (unpaired) electrons. The van der Waals surface area contributed by atoms with E-state index in [1.54, 1.807) is 0 Å². The van der Waals surface area contributed by atoms with Gasteiger partial charge >= 0.3 is 6.61 Å². The minimum Gasteiger partial charge on any atom is -0.435 e. The Hall–Kier alpha value is -1.38. The maximum atomic E-state index is 13.8. The lowest BCUT2D eigenvalue weighted by Crippen LogP contribution is -2.30. The second-order valence-corrected chi connectivity index (χ2v) is 8.67. The fraction of sp³-hybridized carbons (Fsp3) is 0.333. The molecule has 0 saturated carbocycles. The number of thioether (sulfide) groups is 2. The second kappa shape index (κ2) is 8.10. The average Bonchev–Trinajstić information content (AvgIpc) is 2.61. The number of halogens is 4. The van der Waals surface area contributed by atoms with E-state index in [1.165, 1.54) is 59.9 Å². The molecule has 1 N–H and O–H groups in total. The third-order valence-electron chi connectivity index (χ3n) is 3.97. The van der Waals surface area contributed by atoms with Gasteiger partial charge in [-0.05, 0) is 53.3 Å². The molecule has 1 saturated heterocycles. The Kier molecular flexibility index (Phi) is 6.04. The minimum absolute atomic E-state index is 0.0225. The molecule has 8 heteroatoms. The van der Waals surface area contributed by atoms with Crippen LogP contribution in [0, 0.1) is 11.6 Å². The number of alkyl halides is 2. The standard InChI is InChI=1S/C18H16F4O2S2/c19-13-8-12(9-14(20)10-13)18(25-6-1-7-26-18)16(23)11-2-4-15(5-3-11)24-17(21)22/h2-5,8-10,16-17,23H,1,6-7H2. The topological polar surface area (TPSA) is 29.5 Å². The third kappa shape index (κ3) is 4.13. The van der Waals surface area contributed by atoms with E-state index in [2.05, 4.69) is 4.74 Å². The first-order valence-electron chi connectivity index (χ1n) is 7.88. The van der Waals surface area contributed by atoms with Gasteiger partial charge in [-0.15, -0.1) is 23.5 Å². The smallest absolute Gasteiger partial charge is 0.387 e. The summed E-state index contributed by atoms with van der Waals surface area (Å²) in [4.78, 5) is 0. The van der Waals surface area contributed by atoms with Crippen molar-refractivity contribution in [3.63, 3.8) is 0 Å². The highest BCUT2D eigenvalue weighted by atomic mass is 32.2. The lowest BCUT2D eigenvalue weighted by Gasteiger charge is -2.40. The number of hydrogen-bond acceptors (Lipinski definition) is 4. The Morgan fingerprint density at radius 3 is 2.08 bits per heavy atom. The SMILES string of the molecule is OC(c1ccc(OC(F)F)cc1)C1(c2cc(F)cc(F)c2)SCCCS1. The summed E-state index contributed by atoms with van der Waals surface area (Å²) in [6, 6.07) is 8.88. The van der Waals surface area contributed by atoms with Gasteiger partial charge in [0.25, 0.3) is 0 Å². The zero-order chi connectivity index (χ0) is 18.7. The molecule has 1 aliphatic heterocycles.